The number of nitrogens with two attached hydrogens (primary N) is 1. The Labute approximate surface area is 124 Å². The number of nitrogens with one attached hydrogen (secondary N) is 1. The van der Waals surface area contributed by atoms with Gasteiger partial charge in [-0.15, -0.1) is 0 Å². The highest BCUT2D eigenvalue weighted by Crippen LogP contribution is 2.24. The van der Waals surface area contributed by atoms with Gasteiger partial charge in [0.05, 0.1) is 12.0 Å². The summed E-state index contributed by atoms with van der Waals surface area (Å²) in [6, 6.07) is 8.62. The van der Waals surface area contributed by atoms with Gasteiger partial charge >= 0.3 is 5.97 Å². The van der Waals surface area contributed by atoms with Crippen LogP contribution in [0.4, 0.5) is 0 Å². The number of carboxylic acid groups (broad SMARTS) is 1. The monoisotopic (exact) mass is 290 g/mol. The molecule has 4 N–H and O–H groups in total. The van der Waals surface area contributed by atoms with Crippen LogP contribution in [0.1, 0.15) is 31.2 Å². The maximum absolute atomic E-state index is 12.2. The Kier molecular flexibility index (Phi) is 5.33. The molecule has 1 saturated carbocycles. The molecule has 1 aliphatic rings. The van der Waals surface area contributed by atoms with E-state index >= 15 is 0 Å². The van der Waals surface area contributed by atoms with Gasteiger partial charge in [-0.1, -0.05) is 43.2 Å². The Balaban J connectivity index is 1.91. The van der Waals surface area contributed by atoms with Gasteiger partial charge in [-0.05, 0) is 24.8 Å². The fourth-order valence-corrected chi connectivity index (χ4v) is 2.85. The first-order chi connectivity index (χ1) is 10.1. The number of aliphatic carboxylic acids is 1. The summed E-state index contributed by atoms with van der Waals surface area (Å²) < 4.78 is 0. The van der Waals surface area contributed by atoms with Gasteiger partial charge in [-0.2, -0.15) is 0 Å². The molecule has 0 radical (unpaired) electrons. The van der Waals surface area contributed by atoms with Gasteiger partial charge in [0.1, 0.15) is 0 Å². The smallest absolute Gasteiger partial charge is 0.308 e. The average Bonchev–Trinajstić information content (AvgIpc) is 2.48. The normalized spacial score (nSPS) is 23.3. The van der Waals surface area contributed by atoms with Gasteiger partial charge in [0.15, 0.2) is 0 Å². The predicted octanol–water partition coefficient (Wildman–Crippen LogP) is 1.32. The molecule has 0 saturated heterocycles. The van der Waals surface area contributed by atoms with Crippen LogP contribution in [0.25, 0.3) is 0 Å². The largest absolute Gasteiger partial charge is 0.481 e. The van der Waals surface area contributed by atoms with Crippen LogP contribution in [0.5, 0.6) is 0 Å². The topological polar surface area (TPSA) is 92.4 Å². The molecule has 1 aromatic rings. The molecule has 1 aromatic carbocycles. The number of hydrogen-bond donors (Lipinski definition) is 3. The van der Waals surface area contributed by atoms with Gasteiger partial charge in [0.2, 0.25) is 5.91 Å². The number of carbonyl (C=O) groups is 2. The van der Waals surface area contributed by atoms with E-state index in [0.717, 1.165) is 18.4 Å². The van der Waals surface area contributed by atoms with Crippen LogP contribution in [-0.4, -0.2) is 29.1 Å². The van der Waals surface area contributed by atoms with E-state index in [-0.39, 0.29) is 11.9 Å². The standard InChI is InChI=1S/C16H22N2O3/c17-13(10-11-6-2-1-3-7-11)15(19)18-14-9-5-4-8-12(14)16(20)21/h1-3,6-7,12-14H,4-5,8-10,17H2,(H,18,19)(H,20,21). The summed E-state index contributed by atoms with van der Waals surface area (Å²) in [5.41, 5.74) is 6.93. The summed E-state index contributed by atoms with van der Waals surface area (Å²) in [5, 5.41) is 12.0. The molecule has 1 amide bonds. The third kappa shape index (κ3) is 4.29. The van der Waals surface area contributed by atoms with E-state index in [1.807, 2.05) is 30.3 Å². The average molecular weight is 290 g/mol. The molecule has 5 nitrogen and oxygen atoms in total. The molecule has 0 heterocycles. The number of rotatable bonds is 5. The van der Waals surface area contributed by atoms with Gasteiger partial charge in [-0.3, -0.25) is 9.59 Å². The van der Waals surface area contributed by atoms with Crippen LogP contribution < -0.4 is 11.1 Å². The summed E-state index contributed by atoms with van der Waals surface area (Å²) in [6.45, 7) is 0. The second-order valence-electron chi connectivity index (χ2n) is 5.64. The van der Waals surface area contributed by atoms with Crippen molar-refractivity contribution >= 4 is 11.9 Å². The van der Waals surface area contributed by atoms with Gasteiger partial charge in [0.25, 0.3) is 0 Å². The zero-order valence-electron chi connectivity index (χ0n) is 12.0. The van der Waals surface area contributed by atoms with Crippen molar-refractivity contribution in [3.63, 3.8) is 0 Å². The third-order valence-corrected chi connectivity index (χ3v) is 4.05. The lowest BCUT2D eigenvalue weighted by atomic mass is 9.84. The van der Waals surface area contributed by atoms with E-state index < -0.39 is 17.9 Å². The van der Waals surface area contributed by atoms with E-state index in [1.165, 1.54) is 0 Å². The minimum absolute atomic E-state index is 0.267. The lowest BCUT2D eigenvalue weighted by Crippen LogP contribution is -2.51. The molecule has 1 fully saturated rings. The van der Waals surface area contributed by atoms with Crippen molar-refractivity contribution in [2.24, 2.45) is 11.7 Å². The Morgan fingerprint density at radius 2 is 1.90 bits per heavy atom. The van der Waals surface area contributed by atoms with Crippen molar-refractivity contribution in [2.45, 2.75) is 44.2 Å². The number of amides is 1. The van der Waals surface area contributed by atoms with E-state index in [0.29, 0.717) is 19.3 Å². The molecule has 0 spiro atoms. The first kappa shape index (κ1) is 15.5. The Morgan fingerprint density at radius 3 is 2.57 bits per heavy atom. The van der Waals surface area contributed by atoms with Crippen LogP contribution in [-0.2, 0) is 16.0 Å². The van der Waals surface area contributed by atoms with Crippen molar-refractivity contribution in [3.05, 3.63) is 35.9 Å². The van der Waals surface area contributed by atoms with Crippen molar-refractivity contribution < 1.29 is 14.7 Å². The fraction of sp³-hybridized carbons (Fsp3) is 0.500. The first-order valence-corrected chi connectivity index (χ1v) is 7.40. The second kappa shape index (κ2) is 7.22. The summed E-state index contributed by atoms with van der Waals surface area (Å²) in [5.74, 6) is -1.60. The molecule has 1 aliphatic carbocycles. The molecule has 2 rings (SSSR count). The number of carboxylic acids is 1. The quantitative estimate of drug-likeness (QED) is 0.762. The molecule has 3 unspecified atom stereocenters. The fourth-order valence-electron chi connectivity index (χ4n) is 2.85. The van der Waals surface area contributed by atoms with Crippen LogP contribution in [0.2, 0.25) is 0 Å². The van der Waals surface area contributed by atoms with Crippen molar-refractivity contribution in [1.29, 1.82) is 0 Å². The van der Waals surface area contributed by atoms with Gasteiger partial charge in [0, 0.05) is 6.04 Å². The summed E-state index contributed by atoms with van der Waals surface area (Å²) >= 11 is 0. The van der Waals surface area contributed by atoms with Crippen molar-refractivity contribution in [1.82, 2.24) is 5.32 Å². The molecule has 3 atom stereocenters. The lowest BCUT2D eigenvalue weighted by Gasteiger charge is -2.30. The zero-order valence-corrected chi connectivity index (χ0v) is 12.0. The number of carbonyl (C=O) groups excluding carboxylic acids is 1. The van der Waals surface area contributed by atoms with Crippen LogP contribution in [0.15, 0.2) is 30.3 Å². The van der Waals surface area contributed by atoms with Crippen molar-refractivity contribution in [3.8, 4) is 0 Å². The maximum atomic E-state index is 12.2. The van der Waals surface area contributed by atoms with E-state index in [2.05, 4.69) is 5.32 Å². The molecule has 0 bridgehead atoms. The highest BCUT2D eigenvalue weighted by Gasteiger charge is 2.32. The zero-order chi connectivity index (χ0) is 15.2. The SMILES string of the molecule is NC(Cc1ccccc1)C(=O)NC1CCCCC1C(=O)O. The van der Waals surface area contributed by atoms with E-state index in [1.54, 1.807) is 0 Å². The first-order valence-electron chi connectivity index (χ1n) is 7.40. The molecule has 5 heteroatoms. The maximum Gasteiger partial charge on any atom is 0.308 e. The third-order valence-electron chi connectivity index (χ3n) is 4.05. The summed E-state index contributed by atoms with van der Waals surface area (Å²) in [6.07, 6.45) is 3.63. The highest BCUT2D eigenvalue weighted by atomic mass is 16.4. The minimum atomic E-state index is -0.836. The molecular weight excluding hydrogens is 268 g/mol. The molecular formula is C16H22N2O3. The van der Waals surface area contributed by atoms with Gasteiger partial charge < -0.3 is 16.2 Å². The van der Waals surface area contributed by atoms with Crippen molar-refractivity contribution in [2.75, 3.05) is 0 Å². The van der Waals surface area contributed by atoms with E-state index in [4.69, 9.17) is 5.73 Å². The summed E-state index contributed by atoms with van der Waals surface area (Å²) in [7, 11) is 0. The Hall–Kier alpha value is -1.88. The van der Waals surface area contributed by atoms with Crippen LogP contribution in [0.3, 0.4) is 0 Å². The molecule has 0 aromatic heterocycles. The molecule has 21 heavy (non-hydrogen) atoms. The van der Waals surface area contributed by atoms with E-state index in [9.17, 15) is 14.7 Å². The molecule has 114 valence electrons. The number of hydrogen-bond acceptors (Lipinski definition) is 3. The Bertz CT molecular complexity index is 490. The molecule has 0 aliphatic heterocycles. The predicted molar refractivity (Wildman–Crippen MR) is 79.6 cm³/mol. The summed E-state index contributed by atoms with van der Waals surface area (Å²) in [4.78, 5) is 23.4. The highest BCUT2D eigenvalue weighted by molar-refractivity contribution is 5.83. The number of benzene rings is 1. The van der Waals surface area contributed by atoms with Crippen LogP contribution >= 0.6 is 0 Å². The minimum Gasteiger partial charge on any atom is -0.481 e. The second-order valence-corrected chi connectivity index (χ2v) is 5.64. The van der Waals surface area contributed by atoms with Crippen LogP contribution in [0, 0.1) is 5.92 Å². The van der Waals surface area contributed by atoms with Gasteiger partial charge in [-0.25, -0.2) is 0 Å². The Morgan fingerprint density at radius 1 is 1.24 bits per heavy atom. The lowest BCUT2D eigenvalue weighted by molar-refractivity contribution is -0.144.